The van der Waals surface area contributed by atoms with E-state index in [2.05, 4.69) is 4.74 Å². The Bertz CT molecular complexity index is 2680. The molecule has 0 fully saturated rings. The molecule has 1 unspecified atom stereocenters. The highest BCUT2D eigenvalue weighted by Crippen LogP contribution is 2.47. The summed E-state index contributed by atoms with van der Waals surface area (Å²) >= 11 is 0. The Hall–Kier alpha value is -6.98. The molecular formula is C40H28F2N4O10. The fourth-order valence-corrected chi connectivity index (χ4v) is 7.33. The first-order chi connectivity index (χ1) is 27.0. The van der Waals surface area contributed by atoms with Gasteiger partial charge in [0.1, 0.15) is 11.5 Å². The number of hydrogen-bond acceptors (Lipinski definition) is 12. The molecule has 0 bridgehead atoms. The number of alkyl halides is 2. The molecule has 0 spiro atoms. The maximum Gasteiger partial charge on any atom is 0.586 e. The monoisotopic (exact) mass is 762 g/mol. The third-order valence-electron chi connectivity index (χ3n) is 9.76. The lowest BCUT2D eigenvalue weighted by atomic mass is 9.91. The molecule has 0 radical (unpaired) electrons. The molecule has 56 heavy (non-hydrogen) atoms. The lowest BCUT2D eigenvalue weighted by Gasteiger charge is -2.36. The molecule has 0 saturated carbocycles. The summed E-state index contributed by atoms with van der Waals surface area (Å²) in [5, 5.41) is 38.8. The predicted octanol–water partition coefficient (Wildman–Crippen LogP) is 8.13. The molecule has 0 saturated heterocycles. The van der Waals surface area contributed by atoms with E-state index in [0.29, 0.717) is 34.3 Å². The van der Waals surface area contributed by atoms with Crippen LogP contribution in [0.1, 0.15) is 44.0 Å². The molecule has 4 N–H and O–H groups in total. The average Bonchev–Trinajstić information content (AvgIpc) is 4.01. The quantitative estimate of drug-likeness (QED) is 0.115. The second-order valence-electron chi connectivity index (χ2n) is 13.1. The Morgan fingerprint density at radius 1 is 0.679 bits per heavy atom. The first-order valence-corrected chi connectivity index (χ1v) is 17.1. The summed E-state index contributed by atoms with van der Waals surface area (Å²) in [4.78, 5) is 30.8. The summed E-state index contributed by atoms with van der Waals surface area (Å²) < 4.78 is 51.5. The van der Waals surface area contributed by atoms with Crippen molar-refractivity contribution in [3.63, 3.8) is 0 Å². The largest absolute Gasteiger partial charge is 0.586 e. The van der Waals surface area contributed by atoms with Crippen LogP contribution in [0.4, 0.5) is 20.2 Å². The topological polar surface area (TPSA) is 174 Å². The number of carbonyl (C=O) groups excluding carboxylic acids is 2. The van der Waals surface area contributed by atoms with Crippen molar-refractivity contribution in [3.8, 4) is 34.1 Å². The van der Waals surface area contributed by atoms with Gasteiger partial charge in [-0.05, 0) is 84.3 Å². The predicted molar refractivity (Wildman–Crippen MR) is 191 cm³/mol. The van der Waals surface area contributed by atoms with Gasteiger partial charge >= 0.3 is 6.29 Å². The van der Waals surface area contributed by atoms with Crippen LogP contribution >= 0.6 is 0 Å². The van der Waals surface area contributed by atoms with E-state index in [0.717, 1.165) is 10.9 Å². The summed E-state index contributed by atoms with van der Waals surface area (Å²) in [5.74, 6) is -1.27. The van der Waals surface area contributed by atoms with Gasteiger partial charge in [0.2, 0.25) is 0 Å². The minimum Gasteiger partial charge on any atom is -0.451 e. The molecule has 282 valence electrons. The Kier molecular flexibility index (Phi) is 8.13. The highest BCUT2D eigenvalue weighted by atomic mass is 19.3. The number of carbonyl (C=O) groups is 2. The third-order valence-corrected chi connectivity index (χ3v) is 9.76. The first-order valence-electron chi connectivity index (χ1n) is 17.1. The number of nitrogens with zero attached hydrogens (tertiary/aromatic N) is 4. The fourth-order valence-electron chi connectivity index (χ4n) is 7.33. The first kappa shape index (κ1) is 34.8. The Balaban J connectivity index is 1.17. The van der Waals surface area contributed by atoms with Crippen molar-refractivity contribution in [1.29, 1.82) is 0 Å². The van der Waals surface area contributed by atoms with Crippen molar-refractivity contribution in [2.75, 3.05) is 17.0 Å². The van der Waals surface area contributed by atoms with E-state index in [4.69, 9.17) is 13.6 Å². The number of furan rings is 2. The van der Waals surface area contributed by atoms with Crippen molar-refractivity contribution >= 4 is 34.1 Å². The minimum absolute atomic E-state index is 0.0387. The zero-order chi connectivity index (χ0) is 38.9. The number of benzene rings is 4. The SMILES string of the molecule is O=C(c1ccc(-c2cccc(N(O)O)c2)o1)N1CCc2c(n(C(=O)c3ccc(-c4cccc(N(O)O)c4)o3)c3ccccc23)C1c1ccc2c(c1)OC(F)(F)O2. The van der Waals surface area contributed by atoms with Gasteiger partial charge < -0.3 is 23.2 Å². The highest BCUT2D eigenvalue weighted by molar-refractivity contribution is 6.04. The second-order valence-corrected chi connectivity index (χ2v) is 13.1. The van der Waals surface area contributed by atoms with Crippen LogP contribution < -0.4 is 19.9 Å². The van der Waals surface area contributed by atoms with Crippen LogP contribution in [0.5, 0.6) is 11.5 Å². The van der Waals surface area contributed by atoms with Gasteiger partial charge in [0.25, 0.3) is 11.8 Å². The van der Waals surface area contributed by atoms with E-state index >= 15 is 0 Å². The van der Waals surface area contributed by atoms with Gasteiger partial charge in [0, 0.05) is 23.1 Å². The van der Waals surface area contributed by atoms with E-state index in [1.54, 1.807) is 48.5 Å². The summed E-state index contributed by atoms with van der Waals surface area (Å²) in [5.41, 5.74) is 2.97. The van der Waals surface area contributed by atoms with Gasteiger partial charge in [-0.15, -0.1) is 19.2 Å². The lowest BCUT2D eigenvalue weighted by molar-refractivity contribution is -0.286. The molecule has 7 aromatic rings. The third kappa shape index (κ3) is 5.89. The minimum atomic E-state index is -3.91. The van der Waals surface area contributed by atoms with E-state index in [-0.39, 0.29) is 62.9 Å². The summed E-state index contributed by atoms with van der Waals surface area (Å²) in [6, 6.07) is 28.7. The molecular weight excluding hydrogens is 734 g/mol. The number of ether oxygens (including phenoxy) is 2. The fraction of sp³-hybridized carbons (Fsp3) is 0.100. The van der Waals surface area contributed by atoms with Crippen LogP contribution in [0.15, 0.2) is 124 Å². The molecule has 0 aliphatic carbocycles. The van der Waals surface area contributed by atoms with Gasteiger partial charge in [-0.3, -0.25) is 35.0 Å². The number of aromatic nitrogens is 1. The molecule has 4 aromatic carbocycles. The van der Waals surface area contributed by atoms with Crippen molar-refractivity contribution in [1.82, 2.24) is 9.47 Å². The van der Waals surface area contributed by atoms with Gasteiger partial charge in [0.15, 0.2) is 23.0 Å². The van der Waals surface area contributed by atoms with Gasteiger partial charge in [0.05, 0.1) is 28.6 Å². The summed E-state index contributed by atoms with van der Waals surface area (Å²) in [6.07, 6.45) is -3.61. The maximum atomic E-state index is 14.7. The average molecular weight is 763 g/mol. The zero-order valence-corrected chi connectivity index (χ0v) is 28.7. The Morgan fingerprint density at radius 2 is 1.29 bits per heavy atom. The van der Waals surface area contributed by atoms with E-state index in [1.807, 2.05) is 12.1 Å². The number of para-hydroxylation sites is 1. The molecule has 16 heteroatoms. The zero-order valence-electron chi connectivity index (χ0n) is 28.7. The number of anilines is 2. The van der Waals surface area contributed by atoms with Crippen LogP contribution in [-0.2, 0) is 6.42 Å². The van der Waals surface area contributed by atoms with Crippen molar-refractivity contribution in [2.45, 2.75) is 18.8 Å². The molecule has 14 nitrogen and oxygen atoms in total. The Labute approximate surface area is 314 Å². The summed E-state index contributed by atoms with van der Waals surface area (Å²) in [6.45, 7) is 0.132. The second kappa shape index (κ2) is 13.1. The number of amides is 1. The van der Waals surface area contributed by atoms with Crippen molar-refractivity contribution in [3.05, 3.63) is 144 Å². The van der Waals surface area contributed by atoms with Crippen LogP contribution in [0.2, 0.25) is 0 Å². The molecule has 5 heterocycles. The van der Waals surface area contributed by atoms with Crippen LogP contribution in [0, 0.1) is 0 Å². The molecule has 9 rings (SSSR count). The highest BCUT2D eigenvalue weighted by Gasteiger charge is 2.45. The standard InChI is InChI=1S/C40H28F2N4O10/c41-40(42)55-32-12-11-24(21-35(32)56-40)36-37-28(17-18-43(36)38(47)33-15-13-30(53-33)22-5-3-7-25(19-22)45(49)50)27-9-1-2-10-29(27)44(37)39(48)34-16-14-31(54-34)23-6-4-8-26(20-23)46(51)52/h1-16,19-21,36,49-52H,17-18H2. The smallest absolute Gasteiger partial charge is 0.451 e. The number of fused-ring (bicyclic) bond motifs is 4. The van der Waals surface area contributed by atoms with Crippen molar-refractivity contribution in [2.24, 2.45) is 0 Å². The van der Waals surface area contributed by atoms with Gasteiger partial charge in [-0.25, -0.2) is 0 Å². The Morgan fingerprint density at radius 3 is 1.93 bits per heavy atom. The van der Waals surface area contributed by atoms with E-state index < -0.39 is 24.2 Å². The van der Waals surface area contributed by atoms with Crippen LogP contribution in [-0.4, -0.2) is 54.9 Å². The van der Waals surface area contributed by atoms with Crippen LogP contribution in [0.3, 0.4) is 0 Å². The molecule has 3 aromatic heterocycles. The number of rotatable bonds is 7. The molecule has 2 aliphatic heterocycles. The van der Waals surface area contributed by atoms with Crippen molar-refractivity contribution < 1.29 is 57.5 Å². The number of hydrogen-bond donors (Lipinski definition) is 4. The molecule has 2 aliphatic rings. The van der Waals surface area contributed by atoms with E-state index in [9.17, 15) is 39.2 Å². The van der Waals surface area contributed by atoms with Crippen LogP contribution in [0.25, 0.3) is 33.6 Å². The normalized spacial score (nSPS) is 15.5. The molecule has 1 atom stereocenters. The summed E-state index contributed by atoms with van der Waals surface area (Å²) in [7, 11) is 0. The lowest BCUT2D eigenvalue weighted by Crippen LogP contribution is -2.41. The van der Waals surface area contributed by atoms with E-state index in [1.165, 1.54) is 64.1 Å². The maximum absolute atomic E-state index is 14.7. The number of halogens is 2. The van der Waals surface area contributed by atoms with Gasteiger partial charge in [-0.2, -0.15) is 0 Å². The molecule has 1 amide bonds. The van der Waals surface area contributed by atoms with Gasteiger partial charge in [-0.1, -0.05) is 48.5 Å².